The molecule has 3 amide bonds. The molecule has 15 heteroatoms. The number of anilines is 1. The normalized spacial score (nSPS) is 16.6. The minimum Gasteiger partial charge on any atom is -0.478 e. The SMILES string of the molecule is Cc1cc(C(=O)O)ccc1-c1ccc(C[C@H](NC(=O)[C@H]2CC[C@H](CNC(=O)OC(C)(C)C)CC2)C(=O)Nc2ccc(-c3nc(C(F)(F)F)n[nH]3)cc2)cc1. The van der Waals surface area contributed by atoms with Crippen molar-refractivity contribution in [1.29, 1.82) is 0 Å². The number of amides is 3. The first-order chi connectivity index (χ1) is 25.4. The van der Waals surface area contributed by atoms with Crippen LogP contribution >= 0.6 is 0 Å². The molecular weight excluding hydrogens is 705 g/mol. The minimum absolute atomic E-state index is 0.0860. The van der Waals surface area contributed by atoms with Crippen molar-refractivity contribution in [3.63, 3.8) is 0 Å². The van der Waals surface area contributed by atoms with Crippen LogP contribution in [-0.4, -0.2) is 62.4 Å². The Morgan fingerprint density at radius 3 is 2.15 bits per heavy atom. The summed E-state index contributed by atoms with van der Waals surface area (Å²) >= 11 is 0. The van der Waals surface area contributed by atoms with Gasteiger partial charge in [-0.1, -0.05) is 30.3 Å². The smallest absolute Gasteiger partial charge is 0.453 e. The van der Waals surface area contributed by atoms with Gasteiger partial charge in [0.1, 0.15) is 11.6 Å². The predicted octanol–water partition coefficient (Wildman–Crippen LogP) is 7.16. The van der Waals surface area contributed by atoms with Gasteiger partial charge >= 0.3 is 18.2 Å². The minimum atomic E-state index is -4.70. The molecule has 12 nitrogen and oxygen atoms in total. The molecule has 0 bridgehead atoms. The number of alkyl halides is 3. The summed E-state index contributed by atoms with van der Waals surface area (Å²) in [6, 6.07) is 17.3. The van der Waals surface area contributed by atoms with Crippen LogP contribution in [0.2, 0.25) is 0 Å². The van der Waals surface area contributed by atoms with Crippen LogP contribution in [-0.2, 0) is 26.9 Å². The fourth-order valence-corrected chi connectivity index (χ4v) is 6.30. The predicted molar refractivity (Wildman–Crippen MR) is 194 cm³/mol. The van der Waals surface area contributed by atoms with Crippen LogP contribution in [0.5, 0.6) is 0 Å². The number of rotatable bonds is 11. The number of nitrogens with zero attached hydrogens (tertiary/aromatic N) is 2. The van der Waals surface area contributed by atoms with Crippen LogP contribution in [0.4, 0.5) is 23.7 Å². The molecule has 286 valence electrons. The lowest BCUT2D eigenvalue weighted by atomic mass is 9.81. The maximum absolute atomic E-state index is 13.7. The molecule has 1 aliphatic carbocycles. The summed E-state index contributed by atoms with van der Waals surface area (Å²) in [5.74, 6) is -3.30. The monoisotopic (exact) mass is 748 g/mol. The summed E-state index contributed by atoms with van der Waals surface area (Å²) in [6.07, 6.45) is -2.46. The number of aromatic nitrogens is 3. The number of carboxylic acid groups (broad SMARTS) is 1. The number of aromatic amines is 1. The molecule has 0 saturated heterocycles. The van der Waals surface area contributed by atoms with E-state index in [9.17, 15) is 37.5 Å². The molecule has 1 fully saturated rings. The quantitative estimate of drug-likeness (QED) is 0.107. The van der Waals surface area contributed by atoms with Crippen molar-refractivity contribution in [2.24, 2.45) is 11.8 Å². The van der Waals surface area contributed by atoms with Crippen LogP contribution in [0.3, 0.4) is 0 Å². The maximum Gasteiger partial charge on any atom is 0.453 e. The van der Waals surface area contributed by atoms with Crippen molar-refractivity contribution in [2.45, 2.75) is 77.6 Å². The Morgan fingerprint density at radius 2 is 1.57 bits per heavy atom. The van der Waals surface area contributed by atoms with E-state index >= 15 is 0 Å². The molecule has 5 rings (SSSR count). The van der Waals surface area contributed by atoms with Gasteiger partial charge in [-0.25, -0.2) is 14.6 Å². The van der Waals surface area contributed by atoms with Crippen LogP contribution < -0.4 is 16.0 Å². The molecular formula is C39H43F3N6O6. The number of ether oxygens (including phenoxy) is 1. The number of carbonyl (C=O) groups excluding carboxylic acids is 3. The van der Waals surface area contributed by atoms with E-state index in [0.717, 1.165) is 22.3 Å². The van der Waals surface area contributed by atoms with Gasteiger partial charge < -0.3 is 25.8 Å². The van der Waals surface area contributed by atoms with Gasteiger partial charge in [-0.2, -0.15) is 13.2 Å². The number of aromatic carboxylic acids is 1. The van der Waals surface area contributed by atoms with Crippen LogP contribution in [0.1, 0.15) is 73.8 Å². The highest BCUT2D eigenvalue weighted by atomic mass is 19.4. The molecule has 54 heavy (non-hydrogen) atoms. The summed E-state index contributed by atoms with van der Waals surface area (Å²) in [4.78, 5) is 54.3. The average Bonchev–Trinajstić information content (AvgIpc) is 3.62. The molecule has 0 aliphatic heterocycles. The van der Waals surface area contributed by atoms with Crippen molar-refractivity contribution in [1.82, 2.24) is 25.8 Å². The number of aryl methyl sites for hydroxylation is 1. The van der Waals surface area contributed by atoms with Crippen LogP contribution in [0, 0.1) is 18.8 Å². The number of hydrogen-bond acceptors (Lipinski definition) is 7. The lowest BCUT2D eigenvalue weighted by Gasteiger charge is -2.29. The van der Waals surface area contributed by atoms with Gasteiger partial charge in [0.05, 0.1) is 5.56 Å². The van der Waals surface area contributed by atoms with E-state index < -0.39 is 41.6 Å². The number of halogens is 3. The van der Waals surface area contributed by atoms with Crippen molar-refractivity contribution in [2.75, 3.05) is 11.9 Å². The van der Waals surface area contributed by atoms with E-state index in [0.29, 0.717) is 43.5 Å². The molecule has 1 heterocycles. The molecule has 0 spiro atoms. The van der Waals surface area contributed by atoms with Crippen LogP contribution in [0.25, 0.3) is 22.5 Å². The Balaban J connectivity index is 1.27. The van der Waals surface area contributed by atoms with Crippen molar-refractivity contribution < 1.29 is 42.2 Å². The third-order valence-corrected chi connectivity index (χ3v) is 9.13. The molecule has 5 N–H and O–H groups in total. The zero-order valence-electron chi connectivity index (χ0n) is 30.3. The third-order valence-electron chi connectivity index (χ3n) is 9.13. The van der Waals surface area contributed by atoms with Crippen LogP contribution in [0.15, 0.2) is 66.7 Å². The zero-order chi connectivity index (χ0) is 39.2. The average molecular weight is 749 g/mol. The molecule has 0 radical (unpaired) electrons. The van der Waals surface area contributed by atoms with E-state index in [1.807, 2.05) is 31.2 Å². The van der Waals surface area contributed by atoms with Crippen molar-refractivity contribution in [3.8, 4) is 22.5 Å². The van der Waals surface area contributed by atoms with Gasteiger partial charge in [0.25, 0.3) is 5.82 Å². The molecule has 1 aliphatic rings. The molecule has 3 aromatic carbocycles. The summed E-state index contributed by atoms with van der Waals surface area (Å²) in [5.41, 5.74) is 3.52. The van der Waals surface area contributed by atoms with Gasteiger partial charge in [0.15, 0.2) is 5.82 Å². The topological polar surface area (TPSA) is 175 Å². The third kappa shape index (κ3) is 10.7. The Labute approximate surface area is 310 Å². The number of H-pyrrole nitrogens is 1. The van der Waals surface area contributed by atoms with E-state index in [1.165, 1.54) is 30.3 Å². The van der Waals surface area contributed by atoms with Gasteiger partial charge in [0, 0.05) is 30.1 Å². The lowest BCUT2D eigenvalue weighted by Crippen LogP contribution is -2.48. The van der Waals surface area contributed by atoms with Crippen molar-refractivity contribution in [3.05, 3.63) is 89.2 Å². The second-order valence-electron chi connectivity index (χ2n) is 14.5. The Kier molecular flexibility index (Phi) is 12.1. The second-order valence-corrected chi connectivity index (χ2v) is 14.5. The van der Waals surface area contributed by atoms with Gasteiger partial charge in [0.2, 0.25) is 11.8 Å². The Morgan fingerprint density at radius 1 is 0.926 bits per heavy atom. The highest BCUT2D eigenvalue weighted by molar-refractivity contribution is 5.98. The van der Waals surface area contributed by atoms with Gasteiger partial charge in [-0.3, -0.25) is 14.7 Å². The summed E-state index contributed by atoms with van der Waals surface area (Å²) in [6.45, 7) is 7.64. The standard InChI is InChI=1S/C39H43F3N6O6/c1-22-19-28(35(51)52)15-18-30(22)25-9-5-23(6-10-25)20-31(45-33(49)27-11-7-24(8-12-27)21-43-37(53)54-38(2,3)4)34(50)44-29-16-13-26(14-17-29)32-46-36(48-47-32)39(40,41)42/h5-6,9-10,13-19,24,27,31H,7-8,11-12,20-21H2,1-4H3,(H,43,53)(H,44,50)(H,45,49)(H,51,52)(H,46,47,48)/t24-,27-,31-/m0/s1. The number of alkyl carbamates (subject to hydrolysis) is 1. The Hall–Kier alpha value is -5.73. The van der Waals surface area contributed by atoms with Gasteiger partial charge in [-0.05, 0) is 118 Å². The summed E-state index contributed by atoms with van der Waals surface area (Å²) < 4.78 is 44.2. The number of hydrogen-bond donors (Lipinski definition) is 5. The molecule has 1 atom stereocenters. The first-order valence-corrected chi connectivity index (χ1v) is 17.6. The summed E-state index contributed by atoms with van der Waals surface area (Å²) in [5, 5.41) is 23.4. The molecule has 1 saturated carbocycles. The number of carbonyl (C=O) groups is 4. The first kappa shape index (κ1) is 39.5. The largest absolute Gasteiger partial charge is 0.478 e. The maximum atomic E-state index is 13.7. The van der Waals surface area contributed by atoms with E-state index in [-0.39, 0.29) is 35.6 Å². The lowest BCUT2D eigenvalue weighted by molar-refractivity contribution is -0.144. The van der Waals surface area contributed by atoms with E-state index in [1.54, 1.807) is 32.9 Å². The van der Waals surface area contributed by atoms with E-state index in [4.69, 9.17) is 4.74 Å². The molecule has 4 aromatic rings. The zero-order valence-corrected chi connectivity index (χ0v) is 30.3. The molecule has 0 unspecified atom stereocenters. The molecule has 1 aromatic heterocycles. The fraction of sp³-hybridized carbons (Fsp3) is 0.385. The first-order valence-electron chi connectivity index (χ1n) is 17.6. The van der Waals surface area contributed by atoms with E-state index in [2.05, 4.69) is 31.1 Å². The highest BCUT2D eigenvalue weighted by Crippen LogP contribution is 2.30. The highest BCUT2D eigenvalue weighted by Gasteiger charge is 2.36. The fourth-order valence-electron chi connectivity index (χ4n) is 6.30. The van der Waals surface area contributed by atoms with Crippen molar-refractivity contribution >= 4 is 29.6 Å². The number of carboxylic acids is 1. The second kappa shape index (κ2) is 16.5. The van der Waals surface area contributed by atoms with Gasteiger partial charge in [-0.15, -0.1) is 5.10 Å². The Bertz CT molecular complexity index is 1960. The summed E-state index contributed by atoms with van der Waals surface area (Å²) in [7, 11) is 0. The number of benzene rings is 3. The number of nitrogens with one attached hydrogen (secondary N) is 4.